The Bertz CT molecular complexity index is 428. The molecule has 0 radical (unpaired) electrons. The molecule has 1 saturated heterocycles. The summed E-state index contributed by atoms with van der Waals surface area (Å²) < 4.78 is 0. The van der Waals surface area contributed by atoms with Crippen molar-refractivity contribution < 1.29 is 9.90 Å². The molecule has 1 aromatic carbocycles. The lowest BCUT2D eigenvalue weighted by molar-refractivity contribution is -0.136. The Balaban J connectivity index is 1.68. The molecule has 0 aliphatic carbocycles. The average Bonchev–Trinajstić information content (AvgIpc) is 2.43. The standard InChI is InChI=1S/C15H21ClN2O2/c16-13-3-1-12(2-4-13)11-18-9-6-14(7-10-18)17-8-5-15(19)20/h1-4,14,17H,5-11H2,(H,19,20). The fraction of sp³-hybridized carbons (Fsp3) is 0.533. The molecule has 5 heteroatoms. The number of carboxylic acid groups (broad SMARTS) is 1. The fourth-order valence-corrected chi connectivity index (χ4v) is 2.65. The third-order valence-electron chi connectivity index (χ3n) is 3.68. The van der Waals surface area contributed by atoms with Crippen LogP contribution in [-0.4, -0.2) is 41.7 Å². The number of halogens is 1. The van der Waals surface area contributed by atoms with E-state index in [4.69, 9.17) is 16.7 Å². The fourth-order valence-electron chi connectivity index (χ4n) is 2.53. The van der Waals surface area contributed by atoms with Gasteiger partial charge < -0.3 is 10.4 Å². The van der Waals surface area contributed by atoms with E-state index in [-0.39, 0.29) is 6.42 Å². The number of likely N-dealkylation sites (tertiary alicyclic amines) is 1. The number of carboxylic acids is 1. The van der Waals surface area contributed by atoms with Gasteiger partial charge in [0, 0.05) is 24.2 Å². The lowest BCUT2D eigenvalue weighted by Gasteiger charge is -2.32. The SMILES string of the molecule is O=C(O)CCNC1CCN(Cc2ccc(Cl)cc2)CC1. The molecule has 0 bridgehead atoms. The second-order valence-corrected chi connectivity index (χ2v) is 5.71. The summed E-state index contributed by atoms with van der Waals surface area (Å²) in [5.74, 6) is -0.738. The average molecular weight is 297 g/mol. The molecule has 1 fully saturated rings. The van der Waals surface area contributed by atoms with Crippen LogP contribution in [0.2, 0.25) is 5.02 Å². The van der Waals surface area contributed by atoms with Crippen LogP contribution in [0, 0.1) is 0 Å². The molecule has 20 heavy (non-hydrogen) atoms. The van der Waals surface area contributed by atoms with Crippen molar-refractivity contribution in [3.8, 4) is 0 Å². The number of nitrogens with one attached hydrogen (secondary N) is 1. The number of rotatable bonds is 6. The van der Waals surface area contributed by atoms with E-state index < -0.39 is 5.97 Å². The van der Waals surface area contributed by atoms with Crippen LogP contribution in [-0.2, 0) is 11.3 Å². The molecule has 0 saturated carbocycles. The number of hydrogen-bond acceptors (Lipinski definition) is 3. The highest BCUT2D eigenvalue weighted by Crippen LogP contribution is 2.15. The minimum Gasteiger partial charge on any atom is -0.481 e. The zero-order chi connectivity index (χ0) is 14.4. The van der Waals surface area contributed by atoms with Gasteiger partial charge >= 0.3 is 5.97 Å². The molecule has 1 aliphatic rings. The van der Waals surface area contributed by atoms with Crippen molar-refractivity contribution in [2.24, 2.45) is 0 Å². The zero-order valence-electron chi connectivity index (χ0n) is 11.5. The summed E-state index contributed by atoms with van der Waals surface area (Å²) in [5.41, 5.74) is 1.28. The van der Waals surface area contributed by atoms with Crippen LogP contribution >= 0.6 is 11.6 Å². The molecule has 1 heterocycles. The Labute approximate surface area is 124 Å². The molecule has 0 amide bonds. The molecule has 1 aliphatic heterocycles. The first-order chi connectivity index (χ1) is 9.63. The first kappa shape index (κ1) is 15.3. The summed E-state index contributed by atoms with van der Waals surface area (Å²) in [7, 11) is 0. The van der Waals surface area contributed by atoms with Crippen LogP contribution in [0.15, 0.2) is 24.3 Å². The molecule has 0 unspecified atom stereocenters. The second kappa shape index (κ2) is 7.62. The smallest absolute Gasteiger partial charge is 0.304 e. The van der Waals surface area contributed by atoms with E-state index in [2.05, 4.69) is 22.3 Å². The lowest BCUT2D eigenvalue weighted by Crippen LogP contribution is -2.42. The second-order valence-electron chi connectivity index (χ2n) is 5.27. The molecule has 110 valence electrons. The van der Waals surface area contributed by atoms with Gasteiger partial charge in [-0.15, -0.1) is 0 Å². The van der Waals surface area contributed by atoms with Gasteiger partial charge in [0.2, 0.25) is 0 Å². The highest BCUT2D eigenvalue weighted by atomic mass is 35.5. The topological polar surface area (TPSA) is 52.6 Å². The van der Waals surface area contributed by atoms with Crippen molar-refractivity contribution >= 4 is 17.6 Å². The highest BCUT2D eigenvalue weighted by Gasteiger charge is 2.18. The molecule has 1 aromatic rings. The Kier molecular flexibility index (Phi) is 5.83. The zero-order valence-corrected chi connectivity index (χ0v) is 12.3. The lowest BCUT2D eigenvalue weighted by atomic mass is 10.0. The maximum atomic E-state index is 10.5. The van der Waals surface area contributed by atoms with E-state index in [0.717, 1.165) is 37.5 Å². The molecule has 2 N–H and O–H groups in total. The number of aliphatic carboxylic acids is 1. The first-order valence-corrected chi connectivity index (χ1v) is 7.43. The number of carbonyl (C=O) groups is 1. The van der Waals surface area contributed by atoms with Crippen LogP contribution in [0.5, 0.6) is 0 Å². The Hall–Kier alpha value is -1.10. The van der Waals surface area contributed by atoms with Gasteiger partial charge in [-0.2, -0.15) is 0 Å². The summed E-state index contributed by atoms with van der Waals surface area (Å²) in [6.45, 7) is 3.62. The third-order valence-corrected chi connectivity index (χ3v) is 3.93. The van der Waals surface area contributed by atoms with Gasteiger partial charge in [-0.1, -0.05) is 23.7 Å². The van der Waals surface area contributed by atoms with Crippen LogP contribution in [0.25, 0.3) is 0 Å². The predicted molar refractivity (Wildman–Crippen MR) is 80.0 cm³/mol. The number of benzene rings is 1. The van der Waals surface area contributed by atoms with Crippen molar-refractivity contribution in [3.63, 3.8) is 0 Å². The summed E-state index contributed by atoms with van der Waals surface area (Å²) in [6.07, 6.45) is 2.35. The quantitative estimate of drug-likeness (QED) is 0.846. The number of hydrogen-bond donors (Lipinski definition) is 2. The van der Waals surface area contributed by atoms with Crippen molar-refractivity contribution in [2.45, 2.75) is 31.8 Å². The minimum atomic E-state index is -0.738. The van der Waals surface area contributed by atoms with Gasteiger partial charge in [0.25, 0.3) is 0 Å². The van der Waals surface area contributed by atoms with Gasteiger partial charge in [-0.05, 0) is 43.6 Å². The van der Waals surface area contributed by atoms with E-state index in [9.17, 15) is 4.79 Å². The van der Waals surface area contributed by atoms with E-state index in [1.54, 1.807) is 0 Å². The first-order valence-electron chi connectivity index (χ1n) is 7.05. The molecule has 4 nitrogen and oxygen atoms in total. The van der Waals surface area contributed by atoms with Crippen LogP contribution in [0.1, 0.15) is 24.8 Å². The maximum absolute atomic E-state index is 10.5. The monoisotopic (exact) mass is 296 g/mol. The van der Waals surface area contributed by atoms with Crippen LogP contribution in [0.4, 0.5) is 0 Å². The van der Waals surface area contributed by atoms with E-state index >= 15 is 0 Å². The third kappa shape index (κ3) is 5.12. The van der Waals surface area contributed by atoms with Crippen molar-refractivity contribution in [3.05, 3.63) is 34.9 Å². The Morgan fingerprint density at radius 2 is 1.95 bits per heavy atom. The van der Waals surface area contributed by atoms with Crippen molar-refractivity contribution in [1.82, 2.24) is 10.2 Å². The number of piperidine rings is 1. The maximum Gasteiger partial charge on any atom is 0.304 e. The van der Waals surface area contributed by atoms with Crippen molar-refractivity contribution in [2.75, 3.05) is 19.6 Å². The Morgan fingerprint density at radius 3 is 2.55 bits per heavy atom. The van der Waals surface area contributed by atoms with Crippen LogP contribution < -0.4 is 5.32 Å². The van der Waals surface area contributed by atoms with E-state index in [0.29, 0.717) is 12.6 Å². The number of nitrogens with zero attached hydrogens (tertiary/aromatic N) is 1. The molecular formula is C15H21ClN2O2. The molecule has 0 spiro atoms. The summed E-state index contributed by atoms with van der Waals surface area (Å²) in [4.78, 5) is 12.9. The van der Waals surface area contributed by atoms with Gasteiger partial charge in [-0.3, -0.25) is 9.69 Å². The summed E-state index contributed by atoms with van der Waals surface area (Å²) in [5, 5.41) is 12.7. The summed E-state index contributed by atoms with van der Waals surface area (Å²) >= 11 is 5.88. The van der Waals surface area contributed by atoms with E-state index in [1.165, 1.54) is 5.56 Å². The van der Waals surface area contributed by atoms with Gasteiger partial charge in [-0.25, -0.2) is 0 Å². The summed E-state index contributed by atoms with van der Waals surface area (Å²) in [6, 6.07) is 8.45. The normalized spacial score (nSPS) is 17.2. The van der Waals surface area contributed by atoms with E-state index in [1.807, 2.05) is 12.1 Å². The van der Waals surface area contributed by atoms with Crippen LogP contribution in [0.3, 0.4) is 0 Å². The van der Waals surface area contributed by atoms with Gasteiger partial charge in [0.05, 0.1) is 6.42 Å². The van der Waals surface area contributed by atoms with Gasteiger partial charge in [0.15, 0.2) is 0 Å². The predicted octanol–water partition coefficient (Wildman–Crippen LogP) is 2.37. The molecule has 0 atom stereocenters. The molecule has 0 aromatic heterocycles. The highest BCUT2D eigenvalue weighted by molar-refractivity contribution is 6.30. The van der Waals surface area contributed by atoms with Gasteiger partial charge in [0.1, 0.15) is 0 Å². The van der Waals surface area contributed by atoms with Crippen molar-refractivity contribution in [1.29, 1.82) is 0 Å². The molecular weight excluding hydrogens is 276 g/mol. The largest absolute Gasteiger partial charge is 0.481 e. The Morgan fingerprint density at radius 1 is 1.30 bits per heavy atom. The minimum absolute atomic E-state index is 0.199. The molecule has 2 rings (SSSR count).